The highest BCUT2D eigenvalue weighted by Gasteiger charge is 2.46. The molecule has 1 unspecified atom stereocenters. The number of unbranched alkanes of at least 4 members (excludes halogenated alkanes) is 1. The molecule has 150 valence electrons. The summed E-state index contributed by atoms with van der Waals surface area (Å²) in [6, 6.07) is 9.70. The van der Waals surface area contributed by atoms with Crippen molar-refractivity contribution in [2.75, 3.05) is 13.3 Å². The van der Waals surface area contributed by atoms with Gasteiger partial charge in [-0.15, -0.1) is 0 Å². The summed E-state index contributed by atoms with van der Waals surface area (Å²) < 4.78 is 25.2. The lowest BCUT2D eigenvalue weighted by Gasteiger charge is -2.25. The van der Waals surface area contributed by atoms with E-state index in [2.05, 4.69) is 0 Å². The Morgan fingerprint density at radius 3 is 2.69 bits per heavy atom. The van der Waals surface area contributed by atoms with Crippen LogP contribution in [0.2, 0.25) is 0 Å². The second-order valence-electron chi connectivity index (χ2n) is 6.94. The molecule has 0 spiro atoms. The number of likely N-dealkylation sites (tertiary alicyclic amines) is 1. The summed E-state index contributed by atoms with van der Waals surface area (Å²) in [6.07, 6.45) is 1.46. The average molecular weight is 397 g/mol. The highest BCUT2D eigenvalue weighted by molar-refractivity contribution is 6.46. The molecule has 1 atom stereocenters. The molecule has 0 aliphatic carbocycles. The number of hydrogen-bond acceptors (Lipinski definition) is 5. The van der Waals surface area contributed by atoms with Gasteiger partial charge in [0.2, 0.25) is 6.79 Å². The molecule has 0 radical (unpaired) electrons. The minimum atomic E-state index is -0.992. The quantitative estimate of drug-likeness (QED) is 0.472. The van der Waals surface area contributed by atoms with Crippen LogP contribution in [0.5, 0.6) is 11.5 Å². The van der Waals surface area contributed by atoms with Gasteiger partial charge in [-0.05, 0) is 30.7 Å². The van der Waals surface area contributed by atoms with E-state index in [1.165, 1.54) is 29.2 Å². The molecule has 1 amide bonds. The van der Waals surface area contributed by atoms with Crippen molar-refractivity contribution in [3.8, 4) is 11.5 Å². The molecule has 0 aromatic heterocycles. The summed E-state index contributed by atoms with van der Waals surface area (Å²) >= 11 is 0. The molecule has 2 aromatic carbocycles. The molecule has 1 saturated heterocycles. The Labute approximate surface area is 167 Å². The van der Waals surface area contributed by atoms with Crippen molar-refractivity contribution in [3.05, 3.63) is 65.0 Å². The van der Waals surface area contributed by atoms with Crippen molar-refractivity contribution in [3.63, 3.8) is 0 Å². The molecule has 6 nitrogen and oxygen atoms in total. The van der Waals surface area contributed by atoms with E-state index >= 15 is 0 Å². The van der Waals surface area contributed by atoms with Gasteiger partial charge < -0.3 is 19.5 Å². The van der Waals surface area contributed by atoms with Gasteiger partial charge in [0, 0.05) is 17.7 Å². The number of rotatable bonds is 5. The number of fused-ring (bicyclic) bond motifs is 1. The normalized spacial score (nSPS) is 19.8. The van der Waals surface area contributed by atoms with Gasteiger partial charge in [-0.2, -0.15) is 0 Å². The maximum Gasteiger partial charge on any atom is 0.295 e. The number of amides is 1. The van der Waals surface area contributed by atoms with Crippen molar-refractivity contribution in [1.29, 1.82) is 0 Å². The van der Waals surface area contributed by atoms with Gasteiger partial charge in [-0.1, -0.05) is 31.5 Å². The highest BCUT2D eigenvalue weighted by atomic mass is 19.1. The Kier molecular flexibility index (Phi) is 4.96. The molecule has 7 heteroatoms. The molecular weight excluding hydrogens is 377 g/mol. The fourth-order valence-electron chi connectivity index (χ4n) is 3.66. The van der Waals surface area contributed by atoms with E-state index in [4.69, 9.17) is 9.47 Å². The van der Waals surface area contributed by atoms with Crippen molar-refractivity contribution in [2.45, 2.75) is 25.8 Å². The number of Topliss-reactive ketones (excluding diaryl/α,β-unsaturated/α-hetero) is 1. The van der Waals surface area contributed by atoms with Gasteiger partial charge in [0.15, 0.2) is 11.5 Å². The molecule has 2 aliphatic rings. The molecule has 29 heavy (non-hydrogen) atoms. The first-order valence-corrected chi connectivity index (χ1v) is 9.45. The van der Waals surface area contributed by atoms with Gasteiger partial charge in [0.1, 0.15) is 11.6 Å². The van der Waals surface area contributed by atoms with Crippen LogP contribution in [0.25, 0.3) is 5.76 Å². The van der Waals surface area contributed by atoms with Crippen molar-refractivity contribution in [1.82, 2.24) is 4.90 Å². The van der Waals surface area contributed by atoms with Crippen LogP contribution in [0, 0.1) is 5.82 Å². The number of hydrogen-bond donors (Lipinski definition) is 1. The third kappa shape index (κ3) is 3.22. The predicted octanol–water partition coefficient (Wildman–Crippen LogP) is 3.78. The number of ether oxygens (including phenoxy) is 2. The second kappa shape index (κ2) is 7.58. The van der Waals surface area contributed by atoms with E-state index in [0.29, 0.717) is 23.5 Å². The smallest absolute Gasteiger partial charge is 0.295 e. The van der Waals surface area contributed by atoms with Crippen molar-refractivity contribution in [2.24, 2.45) is 0 Å². The molecule has 2 heterocycles. The zero-order chi connectivity index (χ0) is 20.5. The summed E-state index contributed by atoms with van der Waals surface area (Å²) in [5, 5.41) is 11.0. The molecule has 2 aromatic rings. The average Bonchev–Trinajstić information content (AvgIpc) is 3.29. The predicted molar refractivity (Wildman–Crippen MR) is 103 cm³/mol. The monoisotopic (exact) mass is 397 g/mol. The molecule has 1 N–H and O–H groups in total. The third-order valence-electron chi connectivity index (χ3n) is 5.14. The van der Waals surface area contributed by atoms with Gasteiger partial charge in [-0.25, -0.2) is 4.39 Å². The second-order valence-corrected chi connectivity index (χ2v) is 6.94. The zero-order valence-electron chi connectivity index (χ0n) is 15.9. The first-order valence-electron chi connectivity index (χ1n) is 9.45. The maximum absolute atomic E-state index is 14.6. The van der Waals surface area contributed by atoms with Gasteiger partial charge >= 0.3 is 0 Å². The first kappa shape index (κ1) is 19.0. The lowest BCUT2D eigenvalue weighted by Crippen LogP contribution is -2.31. The summed E-state index contributed by atoms with van der Waals surface area (Å²) in [5.41, 5.74) is 0.337. The number of carbonyl (C=O) groups excluding carboxylic acids is 2. The van der Waals surface area contributed by atoms with E-state index in [1.54, 1.807) is 18.2 Å². The van der Waals surface area contributed by atoms with Crippen LogP contribution in [0.15, 0.2) is 48.0 Å². The van der Waals surface area contributed by atoms with Gasteiger partial charge in [-0.3, -0.25) is 9.59 Å². The van der Waals surface area contributed by atoms with Crippen LogP contribution >= 0.6 is 0 Å². The van der Waals surface area contributed by atoms with Gasteiger partial charge in [0.25, 0.3) is 11.7 Å². The number of benzene rings is 2. The van der Waals surface area contributed by atoms with Crippen molar-refractivity contribution >= 4 is 17.4 Å². The number of nitrogens with zero attached hydrogens (tertiary/aromatic N) is 1. The lowest BCUT2D eigenvalue weighted by atomic mass is 9.94. The lowest BCUT2D eigenvalue weighted by molar-refractivity contribution is -0.139. The third-order valence-corrected chi connectivity index (χ3v) is 5.14. The van der Waals surface area contributed by atoms with Crippen LogP contribution in [0.1, 0.15) is 36.9 Å². The van der Waals surface area contributed by atoms with Crippen molar-refractivity contribution < 1.29 is 28.6 Å². The van der Waals surface area contributed by atoms with Crippen LogP contribution in [-0.4, -0.2) is 35.0 Å². The Bertz CT molecular complexity index is 1020. The minimum absolute atomic E-state index is 0.0657. The number of aliphatic hydroxyl groups is 1. The van der Waals surface area contributed by atoms with Crippen LogP contribution in [0.4, 0.5) is 4.39 Å². The Balaban J connectivity index is 1.86. The zero-order valence-corrected chi connectivity index (χ0v) is 15.9. The maximum atomic E-state index is 14.6. The number of carbonyl (C=O) groups is 2. The summed E-state index contributed by atoms with van der Waals surface area (Å²) in [6.45, 7) is 2.31. The van der Waals surface area contributed by atoms with Crippen LogP contribution in [0.3, 0.4) is 0 Å². The SMILES string of the molecule is CCCCN1C(=O)C(=O)/C(=C(/O)c2ccc3c(c2)OCO3)C1c1ccccc1F. The number of halogens is 1. The topological polar surface area (TPSA) is 76.1 Å². The Hall–Kier alpha value is -3.35. The minimum Gasteiger partial charge on any atom is -0.507 e. The van der Waals surface area contributed by atoms with E-state index in [-0.39, 0.29) is 30.2 Å². The largest absolute Gasteiger partial charge is 0.507 e. The molecule has 2 aliphatic heterocycles. The molecule has 1 fully saturated rings. The molecule has 0 saturated carbocycles. The number of ketones is 1. The fourth-order valence-corrected chi connectivity index (χ4v) is 3.66. The van der Waals surface area contributed by atoms with Crippen LogP contribution in [-0.2, 0) is 9.59 Å². The molecule has 4 rings (SSSR count). The molecular formula is C22H20FNO5. The summed E-state index contributed by atoms with van der Waals surface area (Å²) in [7, 11) is 0. The highest BCUT2D eigenvalue weighted by Crippen LogP contribution is 2.42. The Morgan fingerprint density at radius 1 is 1.17 bits per heavy atom. The first-order chi connectivity index (χ1) is 14.0. The standard InChI is InChI=1S/C22H20FNO5/c1-2-3-10-24-19(14-6-4-5-7-15(14)23)18(21(26)22(24)27)20(25)13-8-9-16-17(11-13)29-12-28-16/h4-9,11,19,25H,2-3,10,12H2,1H3/b20-18+. The van der Waals surface area contributed by atoms with E-state index in [1.807, 2.05) is 6.92 Å². The number of aliphatic hydroxyl groups excluding tert-OH is 1. The fraction of sp³-hybridized carbons (Fsp3) is 0.273. The van der Waals surface area contributed by atoms with E-state index in [0.717, 1.165) is 6.42 Å². The van der Waals surface area contributed by atoms with E-state index in [9.17, 15) is 19.1 Å². The van der Waals surface area contributed by atoms with Crippen LogP contribution < -0.4 is 9.47 Å². The summed E-state index contributed by atoms with van der Waals surface area (Å²) in [5.74, 6) is -1.53. The van der Waals surface area contributed by atoms with Gasteiger partial charge in [0.05, 0.1) is 11.6 Å². The summed E-state index contributed by atoms with van der Waals surface area (Å²) in [4.78, 5) is 26.9. The molecule has 0 bridgehead atoms. The Morgan fingerprint density at radius 2 is 1.93 bits per heavy atom. The van der Waals surface area contributed by atoms with E-state index < -0.39 is 23.5 Å².